The van der Waals surface area contributed by atoms with Crippen molar-refractivity contribution < 1.29 is 9.59 Å². The lowest BCUT2D eigenvalue weighted by molar-refractivity contribution is 0.0935. The van der Waals surface area contributed by atoms with Crippen LogP contribution in [0.2, 0.25) is 0 Å². The van der Waals surface area contributed by atoms with Crippen LogP contribution in [0.5, 0.6) is 0 Å². The molecule has 2 N–H and O–H groups in total. The van der Waals surface area contributed by atoms with E-state index in [1.165, 1.54) is 11.8 Å². The molecule has 156 valence electrons. The van der Waals surface area contributed by atoms with Crippen molar-refractivity contribution in [1.82, 2.24) is 20.2 Å². The number of benzene rings is 2. The van der Waals surface area contributed by atoms with Gasteiger partial charge in [-0.2, -0.15) is 0 Å². The standard InChI is InChI=1S/C23H26N4O2S/c1-4-16(2)26-21(28)18-10-8-9-17(13-18)14-24-22(29)20-15-25-23(30-3)27(20)19-11-6-5-7-12-19/h5-13,15-16H,4,14H2,1-3H3,(H,24,29)(H,26,28). The molecule has 0 spiro atoms. The molecule has 0 fully saturated rings. The average molecular weight is 423 g/mol. The molecule has 1 heterocycles. The average Bonchev–Trinajstić information content (AvgIpc) is 3.22. The largest absolute Gasteiger partial charge is 0.350 e. The van der Waals surface area contributed by atoms with Gasteiger partial charge < -0.3 is 10.6 Å². The molecular weight excluding hydrogens is 396 g/mol. The highest BCUT2D eigenvalue weighted by molar-refractivity contribution is 7.98. The number of nitrogens with zero attached hydrogens (tertiary/aromatic N) is 2. The molecular formula is C23H26N4O2S. The summed E-state index contributed by atoms with van der Waals surface area (Å²) in [5, 5.41) is 6.64. The molecule has 1 atom stereocenters. The summed E-state index contributed by atoms with van der Waals surface area (Å²) in [4.78, 5) is 29.6. The maximum absolute atomic E-state index is 12.9. The number of imidazole rings is 1. The van der Waals surface area contributed by atoms with Gasteiger partial charge in [0.2, 0.25) is 0 Å². The van der Waals surface area contributed by atoms with Crippen molar-refractivity contribution in [3.8, 4) is 5.69 Å². The van der Waals surface area contributed by atoms with Crippen LogP contribution in [0.25, 0.3) is 5.69 Å². The maximum atomic E-state index is 12.9. The van der Waals surface area contributed by atoms with Crippen molar-refractivity contribution >= 4 is 23.6 Å². The van der Waals surface area contributed by atoms with Gasteiger partial charge in [-0.15, -0.1) is 0 Å². The zero-order valence-corrected chi connectivity index (χ0v) is 18.2. The Morgan fingerprint density at radius 2 is 1.87 bits per heavy atom. The van der Waals surface area contributed by atoms with Crippen LogP contribution in [0.1, 0.15) is 46.7 Å². The Kier molecular flexibility index (Phi) is 7.30. The van der Waals surface area contributed by atoms with E-state index >= 15 is 0 Å². The predicted molar refractivity (Wildman–Crippen MR) is 120 cm³/mol. The third-order valence-electron chi connectivity index (χ3n) is 4.79. The number of thioether (sulfide) groups is 1. The number of carbonyl (C=O) groups is 2. The number of hydrogen-bond donors (Lipinski definition) is 2. The molecule has 0 aliphatic heterocycles. The first-order valence-corrected chi connectivity index (χ1v) is 11.1. The summed E-state index contributed by atoms with van der Waals surface area (Å²) in [7, 11) is 0. The summed E-state index contributed by atoms with van der Waals surface area (Å²) in [5.41, 5.74) is 2.79. The Labute approximate surface area is 181 Å². The lowest BCUT2D eigenvalue weighted by atomic mass is 10.1. The maximum Gasteiger partial charge on any atom is 0.270 e. The van der Waals surface area contributed by atoms with Crippen LogP contribution >= 0.6 is 11.8 Å². The van der Waals surface area contributed by atoms with Crippen LogP contribution in [-0.2, 0) is 6.54 Å². The highest BCUT2D eigenvalue weighted by Crippen LogP contribution is 2.21. The predicted octanol–water partition coefficient (Wildman–Crippen LogP) is 4.05. The number of hydrogen-bond acceptors (Lipinski definition) is 4. The second-order valence-corrected chi connectivity index (χ2v) is 7.74. The molecule has 0 saturated carbocycles. The van der Waals surface area contributed by atoms with Crippen molar-refractivity contribution in [3.05, 3.63) is 77.6 Å². The van der Waals surface area contributed by atoms with E-state index in [0.29, 0.717) is 17.8 Å². The van der Waals surface area contributed by atoms with E-state index in [9.17, 15) is 9.59 Å². The highest BCUT2D eigenvalue weighted by atomic mass is 32.2. The summed E-state index contributed by atoms with van der Waals surface area (Å²) in [6.45, 7) is 4.32. The van der Waals surface area contributed by atoms with E-state index in [4.69, 9.17) is 0 Å². The first-order valence-electron chi connectivity index (χ1n) is 9.88. The van der Waals surface area contributed by atoms with E-state index < -0.39 is 0 Å². The summed E-state index contributed by atoms with van der Waals surface area (Å²) >= 11 is 1.48. The summed E-state index contributed by atoms with van der Waals surface area (Å²) in [6, 6.07) is 17.1. The van der Waals surface area contributed by atoms with Crippen molar-refractivity contribution in [2.45, 2.75) is 38.0 Å². The van der Waals surface area contributed by atoms with E-state index in [-0.39, 0.29) is 17.9 Å². The third-order valence-corrected chi connectivity index (χ3v) is 5.44. The van der Waals surface area contributed by atoms with Gasteiger partial charge >= 0.3 is 0 Å². The van der Waals surface area contributed by atoms with Gasteiger partial charge in [-0.1, -0.05) is 49.0 Å². The van der Waals surface area contributed by atoms with Crippen LogP contribution in [0.15, 0.2) is 66.0 Å². The minimum atomic E-state index is -0.221. The molecule has 0 radical (unpaired) electrons. The molecule has 0 bridgehead atoms. The van der Waals surface area contributed by atoms with Gasteiger partial charge in [-0.3, -0.25) is 14.2 Å². The molecule has 7 heteroatoms. The van der Waals surface area contributed by atoms with Crippen LogP contribution in [-0.4, -0.2) is 33.7 Å². The molecule has 1 unspecified atom stereocenters. The van der Waals surface area contributed by atoms with Gasteiger partial charge in [0.25, 0.3) is 11.8 Å². The van der Waals surface area contributed by atoms with Crippen LogP contribution in [0.4, 0.5) is 0 Å². The lowest BCUT2D eigenvalue weighted by Gasteiger charge is -2.13. The second-order valence-electron chi connectivity index (χ2n) is 6.97. The molecule has 2 aromatic carbocycles. The normalized spacial score (nSPS) is 11.7. The number of carbonyl (C=O) groups excluding carboxylic acids is 2. The van der Waals surface area contributed by atoms with Crippen molar-refractivity contribution in [1.29, 1.82) is 0 Å². The summed E-state index contributed by atoms with van der Waals surface area (Å²) in [5.74, 6) is -0.328. The van der Waals surface area contributed by atoms with E-state index in [2.05, 4.69) is 15.6 Å². The smallest absolute Gasteiger partial charge is 0.270 e. The number of amides is 2. The fourth-order valence-corrected chi connectivity index (χ4v) is 3.51. The number of nitrogens with one attached hydrogen (secondary N) is 2. The van der Waals surface area contributed by atoms with E-state index in [1.54, 1.807) is 18.3 Å². The van der Waals surface area contributed by atoms with Crippen molar-refractivity contribution in [3.63, 3.8) is 0 Å². The van der Waals surface area contributed by atoms with Gasteiger partial charge in [0.1, 0.15) is 5.69 Å². The Balaban J connectivity index is 1.73. The van der Waals surface area contributed by atoms with Crippen LogP contribution in [0, 0.1) is 0 Å². The van der Waals surface area contributed by atoms with Crippen LogP contribution < -0.4 is 10.6 Å². The summed E-state index contributed by atoms with van der Waals surface area (Å²) < 4.78 is 1.84. The molecule has 6 nitrogen and oxygen atoms in total. The van der Waals surface area contributed by atoms with Gasteiger partial charge in [0, 0.05) is 23.8 Å². The van der Waals surface area contributed by atoms with Gasteiger partial charge in [0.15, 0.2) is 5.16 Å². The number of aromatic nitrogens is 2. The molecule has 2 amide bonds. The third kappa shape index (κ3) is 5.10. The Bertz CT molecular complexity index is 1020. The lowest BCUT2D eigenvalue weighted by Crippen LogP contribution is -2.32. The fourth-order valence-electron chi connectivity index (χ4n) is 2.97. The Morgan fingerprint density at radius 3 is 2.57 bits per heavy atom. The van der Waals surface area contributed by atoms with E-state index in [0.717, 1.165) is 22.8 Å². The van der Waals surface area contributed by atoms with Gasteiger partial charge in [-0.05, 0) is 49.4 Å². The van der Waals surface area contributed by atoms with Crippen LogP contribution in [0.3, 0.4) is 0 Å². The molecule has 3 aromatic rings. The zero-order valence-electron chi connectivity index (χ0n) is 17.4. The Morgan fingerprint density at radius 1 is 1.10 bits per heavy atom. The van der Waals surface area contributed by atoms with Crippen molar-refractivity contribution in [2.75, 3.05) is 6.26 Å². The second kappa shape index (κ2) is 10.1. The van der Waals surface area contributed by atoms with E-state index in [1.807, 2.05) is 67.1 Å². The van der Waals surface area contributed by atoms with Gasteiger partial charge in [-0.25, -0.2) is 4.98 Å². The molecule has 3 rings (SSSR count). The summed E-state index contributed by atoms with van der Waals surface area (Å²) in [6.07, 6.45) is 4.39. The van der Waals surface area contributed by atoms with Gasteiger partial charge in [0.05, 0.1) is 6.20 Å². The number of para-hydroxylation sites is 1. The quantitative estimate of drug-likeness (QED) is 0.537. The highest BCUT2D eigenvalue weighted by Gasteiger charge is 2.17. The monoisotopic (exact) mass is 422 g/mol. The minimum Gasteiger partial charge on any atom is -0.350 e. The molecule has 0 aliphatic carbocycles. The first-order chi connectivity index (χ1) is 14.5. The molecule has 0 aliphatic rings. The fraction of sp³-hybridized carbons (Fsp3) is 0.261. The molecule has 30 heavy (non-hydrogen) atoms. The Hall–Kier alpha value is -3.06. The molecule has 0 saturated heterocycles. The number of rotatable bonds is 8. The molecule has 1 aromatic heterocycles. The minimum absolute atomic E-state index is 0.107. The topological polar surface area (TPSA) is 76.0 Å². The van der Waals surface area contributed by atoms with Crippen molar-refractivity contribution in [2.24, 2.45) is 0 Å². The first kappa shape index (κ1) is 21.6. The SMILES string of the molecule is CCC(C)NC(=O)c1cccc(CNC(=O)c2cnc(SC)n2-c2ccccc2)c1. The zero-order chi connectivity index (χ0) is 21.5.